The van der Waals surface area contributed by atoms with Gasteiger partial charge >= 0.3 is 0 Å². The van der Waals surface area contributed by atoms with Crippen molar-refractivity contribution < 1.29 is 24.1 Å². The van der Waals surface area contributed by atoms with Gasteiger partial charge in [-0.2, -0.15) is 0 Å². The van der Waals surface area contributed by atoms with Crippen molar-refractivity contribution in [3.63, 3.8) is 0 Å². The van der Waals surface area contributed by atoms with E-state index in [4.69, 9.17) is 18.9 Å². The molecule has 1 fully saturated rings. The lowest BCUT2D eigenvalue weighted by atomic mass is 10.1. The largest absolute Gasteiger partial charge is 0.493 e. The highest BCUT2D eigenvalue weighted by Gasteiger charge is 2.19. The molecular weight excluding hydrogens is 396 g/mol. The Morgan fingerprint density at radius 2 is 1.81 bits per heavy atom. The second-order valence-electron chi connectivity index (χ2n) is 7.62. The number of nitrogens with zero attached hydrogens (tertiary/aromatic N) is 2. The lowest BCUT2D eigenvalue weighted by Crippen LogP contribution is -2.43. The first-order chi connectivity index (χ1) is 15.2. The summed E-state index contributed by atoms with van der Waals surface area (Å²) < 4.78 is 22.3. The molecule has 0 aromatic heterocycles. The normalized spacial score (nSPS) is 15.6. The van der Waals surface area contributed by atoms with Crippen LogP contribution in [0.4, 0.5) is 0 Å². The molecule has 2 aromatic carbocycles. The first kappa shape index (κ1) is 23.3. The Hall–Kier alpha value is -2.32. The Kier molecular flexibility index (Phi) is 9.42. The SMILES string of the molecule is COc1cccc(CN(CCN2CCOCC2)CC(O)COc2ccccc2)c1OC. The van der Waals surface area contributed by atoms with Crippen LogP contribution >= 0.6 is 0 Å². The summed E-state index contributed by atoms with van der Waals surface area (Å²) in [6, 6.07) is 15.5. The summed E-state index contributed by atoms with van der Waals surface area (Å²) in [6.07, 6.45) is -0.610. The molecule has 31 heavy (non-hydrogen) atoms. The van der Waals surface area contributed by atoms with E-state index < -0.39 is 6.10 Å². The van der Waals surface area contributed by atoms with E-state index in [1.165, 1.54) is 0 Å². The minimum absolute atomic E-state index is 0.243. The molecular formula is C24H34N2O5. The molecule has 170 valence electrons. The van der Waals surface area contributed by atoms with Crippen LogP contribution in [0.3, 0.4) is 0 Å². The predicted octanol–water partition coefficient (Wildman–Crippen LogP) is 2.28. The number of aliphatic hydroxyl groups is 1. The molecule has 7 heteroatoms. The van der Waals surface area contributed by atoms with Crippen LogP contribution in [-0.4, -0.2) is 87.8 Å². The maximum atomic E-state index is 10.7. The third kappa shape index (κ3) is 7.40. The van der Waals surface area contributed by atoms with E-state index in [1.54, 1.807) is 14.2 Å². The maximum Gasteiger partial charge on any atom is 0.165 e. The van der Waals surface area contributed by atoms with Crippen LogP contribution in [0.15, 0.2) is 48.5 Å². The highest BCUT2D eigenvalue weighted by atomic mass is 16.5. The minimum atomic E-state index is -0.610. The van der Waals surface area contributed by atoms with Crippen molar-refractivity contribution in [1.82, 2.24) is 9.80 Å². The van der Waals surface area contributed by atoms with Crippen LogP contribution in [-0.2, 0) is 11.3 Å². The minimum Gasteiger partial charge on any atom is -0.493 e. The Bertz CT molecular complexity index is 768. The number of benzene rings is 2. The van der Waals surface area contributed by atoms with Gasteiger partial charge in [0, 0.05) is 44.8 Å². The molecule has 0 spiro atoms. The first-order valence-corrected chi connectivity index (χ1v) is 10.8. The summed E-state index contributed by atoms with van der Waals surface area (Å²) in [5, 5.41) is 10.7. The van der Waals surface area contributed by atoms with E-state index in [0.29, 0.717) is 18.8 Å². The summed E-state index contributed by atoms with van der Waals surface area (Å²) in [6.45, 7) is 6.56. The fourth-order valence-electron chi connectivity index (χ4n) is 3.72. The highest BCUT2D eigenvalue weighted by Crippen LogP contribution is 2.31. The maximum absolute atomic E-state index is 10.7. The molecule has 0 bridgehead atoms. The van der Waals surface area contributed by atoms with Gasteiger partial charge in [-0.3, -0.25) is 9.80 Å². The molecule has 1 N–H and O–H groups in total. The zero-order valence-electron chi connectivity index (χ0n) is 18.5. The van der Waals surface area contributed by atoms with Gasteiger partial charge in [0.05, 0.1) is 27.4 Å². The third-order valence-electron chi connectivity index (χ3n) is 5.37. The quantitative estimate of drug-likeness (QED) is 0.554. The van der Waals surface area contributed by atoms with Gasteiger partial charge < -0.3 is 24.1 Å². The Morgan fingerprint density at radius 3 is 2.52 bits per heavy atom. The van der Waals surface area contributed by atoms with Crippen molar-refractivity contribution in [1.29, 1.82) is 0 Å². The molecule has 0 saturated carbocycles. The van der Waals surface area contributed by atoms with Crippen molar-refractivity contribution in [3.05, 3.63) is 54.1 Å². The van der Waals surface area contributed by atoms with Crippen molar-refractivity contribution in [3.8, 4) is 17.2 Å². The molecule has 1 unspecified atom stereocenters. The number of aliphatic hydroxyl groups excluding tert-OH is 1. The lowest BCUT2D eigenvalue weighted by molar-refractivity contribution is 0.0255. The summed E-state index contributed by atoms with van der Waals surface area (Å²) in [4.78, 5) is 4.64. The number of para-hydroxylation sites is 2. The third-order valence-corrected chi connectivity index (χ3v) is 5.37. The van der Waals surface area contributed by atoms with Crippen molar-refractivity contribution in [2.45, 2.75) is 12.6 Å². The van der Waals surface area contributed by atoms with Crippen LogP contribution < -0.4 is 14.2 Å². The number of ether oxygens (including phenoxy) is 4. The zero-order valence-corrected chi connectivity index (χ0v) is 18.5. The molecule has 1 saturated heterocycles. The average Bonchev–Trinajstić information content (AvgIpc) is 2.82. The molecule has 1 heterocycles. The van der Waals surface area contributed by atoms with Gasteiger partial charge in [0.2, 0.25) is 0 Å². The molecule has 1 aliphatic heterocycles. The van der Waals surface area contributed by atoms with Crippen molar-refractivity contribution in [2.75, 3.05) is 66.8 Å². The number of hydrogen-bond donors (Lipinski definition) is 1. The van der Waals surface area contributed by atoms with Gasteiger partial charge in [-0.25, -0.2) is 0 Å². The molecule has 1 atom stereocenters. The lowest BCUT2D eigenvalue weighted by Gasteiger charge is -2.31. The molecule has 0 radical (unpaired) electrons. The van der Waals surface area contributed by atoms with Crippen molar-refractivity contribution in [2.24, 2.45) is 0 Å². The van der Waals surface area contributed by atoms with E-state index in [9.17, 15) is 5.11 Å². The second-order valence-corrected chi connectivity index (χ2v) is 7.62. The summed E-state index contributed by atoms with van der Waals surface area (Å²) in [5.74, 6) is 2.20. The summed E-state index contributed by atoms with van der Waals surface area (Å²) in [7, 11) is 3.30. The van der Waals surface area contributed by atoms with Crippen LogP contribution in [0.25, 0.3) is 0 Å². The predicted molar refractivity (Wildman–Crippen MR) is 120 cm³/mol. The first-order valence-electron chi connectivity index (χ1n) is 10.8. The highest BCUT2D eigenvalue weighted by molar-refractivity contribution is 5.46. The van der Waals surface area contributed by atoms with E-state index in [-0.39, 0.29) is 6.61 Å². The van der Waals surface area contributed by atoms with E-state index in [0.717, 1.165) is 56.5 Å². The fraction of sp³-hybridized carbons (Fsp3) is 0.500. The number of methoxy groups -OCH3 is 2. The smallest absolute Gasteiger partial charge is 0.165 e. The number of morpholine rings is 1. The summed E-state index contributed by atoms with van der Waals surface area (Å²) in [5.41, 5.74) is 1.03. The van der Waals surface area contributed by atoms with Crippen LogP contribution in [0, 0.1) is 0 Å². The van der Waals surface area contributed by atoms with Gasteiger partial charge in [0.15, 0.2) is 11.5 Å². The van der Waals surface area contributed by atoms with Crippen LogP contribution in [0.2, 0.25) is 0 Å². The standard InChI is InChI=1S/C24H34N2O5/c1-28-23-10-6-7-20(24(23)29-2)17-26(12-11-25-13-15-30-16-14-25)18-21(27)19-31-22-8-4-3-5-9-22/h3-10,21,27H,11-19H2,1-2H3. The monoisotopic (exact) mass is 430 g/mol. The zero-order chi connectivity index (χ0) is 21.9. The topological polar surface area (TPSA) is 63.6 Å². The van der Waals surface area contributed by atoms with E-state index >= 15 is 0 Å². The molecule has 0 amide bonds. The number of hydrogen-bond acceptors (Lipinski definition) is 7. The number of rotatable bonds is 12. The van der Waals surface area contributed by atoms with Crippen LogP contribution in [0.5, 0.6) is 17.2 Å². The molecule has 2 aromatic rings. The van der Waals surface area contributed by atoms with Crippen LogP contribution in [0.1, 0.15) is 5.56 Å². The molecule has 3 rings (SSSR count). The van der Waals surface area contributed by atoms with E-state index in [2.05, 4.69) is 9.80 Å². The second kappa shape index (κ2) is 12.5. The Balaban J connectivity index is 1.63. The molecule has 1 aliphatic rings. The van der Waals surface area contributed by atoms with Crippen molar-refractivity contribution >= 4 is 0 Å². The molecule has 7 nitrogen and oxygen atoms in total. The van der Waals surface area contributed by atoms with Gasteiger partial charge in [-0.1, -0.05) is 30.3 Å². The van der Waals surface area contributed by atoms with E-state index in [1.807, 2.05) is 48.5 Å². The fourth-order valence-corrected chi connectivity index (χ4v) is 3.72. The average molecular weight is 431 g/mol. The van der Waals surface area contributed by atoms with Gasteiger partial charge in [-0.15, -0.1) is 0 Å². The Labute approximate surface area is 185 Å². The summed E-state index contributed by atoms with van der Waals surface area (Å²) >= 11 is 0. The van der Waals surface area contributed by atoms with Gasteiger partial charge in [0.25, 0.3) is 0 Å². The van der Waals surface area contributed by atoms with Gasteiger partial charge in [-0.05, 0) is 18.2 Å². The molecule has 0 aliphatic carbocycles. The van der Waals surface area contributed by atoms with Gasteiger partial charge in [0.1, 0.15) is 18.5 Å². The Morgan fingerprint density at radius 1 is 1.03 bits per heavy atom.